The number of hydrogen-bond acceptors (Lipinski definition) is 2. The van der Waals surface area contributed by atoms with Gasteiger partial charge in [-0.2, -0.15) is 0 Å². The molecule has 2 heteroatoms. The molecule has 4 rings (SSSR count). The summed E-state index contributed by atoms with van der Waals surface area (Å²) in [6, 6.07) is 18.1. The number of piperidine rings is 1. The van der Waals surface area contributed by atoms with Gasteiger partial charge < -0.3 is 10.2 Å². The smallest absolute Gasteiger partial charge is 0.0375 e. The van der Waals surface area contributed by atoms with Crippen molar-refractivity contribution in [3.63, 3.8) is 0 Å². The van der Waals surface area contributed by atoms with Crippen molar-refractivity contribution in [2.75, 3.05) is 31.5 Å². The second-order valence-corrected chi connectivity index (χ2v) is 9.10. The molecule has 0 spiro atoms. The van der Waals surface area contributed by atoms with Gasteiger partial charge in [-0.15, -0.1) is 0 Å². The minimum Gasteiger partial charge on any atom is -0.384 e. The molecule has 0 saturated carbocycles. The number of aryl methyl sites for hydroxylation is 1. The molecule has 1 fully saturated rings. The molecule has 1 saturated heterocycles. The van der Waals surface area contributed by atoms with Crippen molar-refractivity contribution < 1.29 is 0 Å². The van der Waals surface area contributed by atoms with E-state index in [-0.39, 0.29) is 0 Å². The van der Waals surface area contributed by atoms with Crippen LogP contribution in [0, 0.1) is 5.92 Å². The lowest BCUT2D eigenvalue weighted by Crippen LogP contribution is -2.42. The predicted molar refractivity (Wildman–Crippen MR) is 125 cm³/mol. The third-order valence-electron chi connectivity index (χ3n) is 7.07. The first-order chi connectivity index (χ1) is 14.3. The van der Waals surface area contributed by atoms with Crippen LogP contribution in [-0.4, -0.2) is 31.1 Å². The number of likely N-dealkylation sites (tertiary alicyclic amines) is 1. The van der Waals surface area contributed by atoms with Crippen LogP contribution in [0.5, 0.6) is 0 Å². The summed E-state index contributed by atoms with van der Waals surface area (Å²) in [6.45, 7) is 7.13. The highest BCUT2D eigenvalue weighted by molar-refractivity contribution is 5.55. The molecule has 0 bridgehead atoms. The summed E-state index contributed by atoms with van der Waals surface area (Å²) in [5, 5.41) is 3.90. The summed E-state index contributed by atoms with van der Waals surface area (Å²) >= 11 is 0. The quantitative estimate of drug-likeness (QED) is 0.534. The Morgan fingerprint density at radius 3 is 2.69 bits per heavy atom. The molecule has 2 aliphatic rings. The van der Waals surface area contributed by atoms with Gasteiger partial charge in [0.1, 0.15) is 0 Å². The number of fused-ring (bicyclic) bond motifs is 1. The predicted octanol–water partition coefficient (Wildman–Crippen LogP) is 6.27. The molecule has 0 radical (unpaired) electrons. The van der Waals surface area contributed by atoms with E-state index in [0.717, 1.165) is 6.54 Å². The first kappa shape index (κ1) is 20.5. The second kappa shape index (κ2) is 10.3. The van der Waals surface area contributed by atoms with Crippen LogP contribution in [0.1, 0.15) is 68.1 Å². The first-order valence-electron chi connectivity index (χ1n) is 12.0. The molecule has 1 aliphatic carbocycles. The average molecular weight is 391 g/mol. The van der Waals surface area contributed by atoms with Gasteiger partial charge in [-0.25, -0.2) is 0 Å². The van der Waals surface area contributed by atoms with Gasteiger partial charge in [0.2, 0.25) is 0 Å². The van der Waals surface area contributed by atoms with Crippen LogP contribution >= 0.6 is 0 Å². The molecular weight excluding hydrogens is 352 g/mol. The SMILES string of the molecule is CCCCCN1CC[C@@H](c2ccccc2)[C@H](CNc2cccc3c2CCCC3)C1. The van der Waals surface area contributed by atoms with E-state index >= 15 is 0 Å². The Bertz CT molecular complexity index is 754. The second-order valence-electron chi connectivity index (χ2n) is 9.10. The van der Waals surface area contributed by atoms with Crippen molar-refractivity contribution in [1.29, 1.82) is 0 Å². The van der Waals surface area contributed by atoms with Gasteiger partial charge >= 0.3 is 0 Å². The van der Waals surface area contributed by atoms with Crippen LogP contribution in [0.3, 0.4) is 0 Å². The van der Waals surface area contributed by atoms with E-state index in [2.05, 4.69) is 65.7 Å². The zero-order valence-corrected chi connectivity index (χ0v) is 18.2. The minimum atomic E-state index is 0.672. The maximum Gasteiger partial charge on any atom is 0.0375 e. The van der Waals surface area contributed by atoms with Gasteiger partial charge in [-0.1, -0.05) is 62.2 Å². The maximum atomic E-state index is 3.90. The Labute approximate surface area is 177 Å². The lowest BCUT2D eigenvalue weighted by atomic mass is 9.80. The monoisotopic (exact) mass is 390 g/mol. The zero-order chi connectivity index (χ0) is 19.9. The van der Waals surface area contributed by atoms with Crippen molar-refractivity contribution in [3.8, 4) is 0 Å². The third kappa shape index (κ3) is 5.22. The Morgan fingerprint density at radius 1 is 0.966 bits per heavy atom. The minimum absolute atomic E-state index is 0.672. The van der Waals surface area contributed by atoms with E-state index in [1.54, 1.807) is 11.1 Å². The fourth-order valence-corrected chi connectivity index (χ4v) is 5.43. The van der Waals surface area contributed by atoms with Gasteiger partial charge in [0, 0.05) is 18.8 Å². The van der Waals surface area contributed by atoms with Gasteiger partial charge in [0.15, 0.2) is 0 Å². The summed E-state index contributed by atoms with van der Waals surface area (Å²) in [7, 11) is 0. The summed E-state index contributed by atoms with van der Waals surface area (Å²) in [5.74, 6) is 1.35. The summed E-state index contributed by atoms with van der Waals surface area (Å²) in [6.07, 6.45) is 10.5. The number of nitrogens with zero attached hydrogens (tertiary/aromatic N) is 1. The van der Waals surface area contributed by atoms with Crippen LogP contribution in [0.2, 0.25) is 0 Å². The Morgan fingerprint density at radius 2 is 1.83 bits per heavy atom. The van der Waals surface area contributed by atoms with E-state index in [9.17, 15) is 0 Å². The number of anilines is 1. The largest absolute Gasteiger partial charge is 0.384 e. The van der Waals surface area contributed by atoms with E-state index in [1.807, 2.05) is 0 Å². The Hall–Kier alpha value is -1.80. The van der Waals surface area contributed by atoms with Crippen LogP contribution in [0.25, 0.3) is 0 Å². The molecule has 2 nitrogen and oxygen atoms in total. The molecule has 0 amide bonds. The summed E-state index contributed by atoms with van der Waals surface area (Å²) in [5.41, 5.74) is 6.09. The average Bonchev–Trinajstić information content (AvgIpc) is 2.78. The highest BCUT2D eigenvalue weighted by Gasteiger charge is 2.30. The standard InChI is InChI=1S/C27H38N2/c1-2-3-9-18-29-19-17-25(22-11-5-4-6-12-22)24(21-29)20-28-27-16-10-14-23-13-7-8-15-26(23)27/h4-6,10-12,14,16,24-25,28H,2-3,7-9,13,15,17-21H2,1H3/t24-,25+/m1/s1. The van der Waals surface area contributed by atoms with E-state index < -0.39 is 0 Å². The number of unbranched alkanes of at least 4 members (excludes halogenated alkanes) is 2. The normalized spacial score (nSPS) is 22.2. The Balaban J connectivity index is 1.46. The van der Waals surface area contributed by atoms with Crippen LogP contribution in [-0.2, 0) is 12.8 Å². The van der Waals surface area contributed by atoms with Crippen LogP contribution < -0.4 is 5.32 Å². The van der Waals surface area contributed by atoms with Crippen molar-refractivity contribution in [3.05, 3.63) is 65.2 Å². The lowest BCUT2D eigenvalue weighted by molar-refractivity contribution is 0.157. The first-order valence-corrected chi connectivity index (χ1v) is 12.0. The fraction of sp³-hybridized carbons (Fsp3) is 0.556. The van der Waals surface area contributed by atoms with Crippen molar-refractivity contribution in [2.45, 2.75) is 64.2 Å². The zero-order valence-electron chi connectivity index (χ0n) is 18.2. The molecule has 2 atom stereocenters. The number of benzene rings is 2. The van der Waals surface area contributed by atoms with Crippen molar-refractivity contribution in [2.24, 2.45) is 5.92 Å². The number of nitrogens with one attached hydrogen (secondary N) is 1. The molecule has 29 heavy (non-hydrogen) atoms. The van der Waals surface area contributed by atoms with Gasteiger partial charge in [0.25, 0.3) is 0 Å². The highest BCUT2D eigenvalue weighted by Crippen LogP contribution is 2.34. The van der Waals surface area contributed by atoms with E-state index in [1.165, 1.54) is 82.3 Å². The molecule has 1 aliphatic heterocycles. The van der Waals surface area contributed by atoms with Gasteiger partial charge in [-0.05, 0) is 86.2 Å². The molecule has 2 aromatic carbocycles. The third-order valence-corrected chi connectivity index (χ3v) is 7.07. The highest BCUT2D eigenvalue weighted by atomic mass is 15.1. The topological polar surface area (TPSA) is 15.3 Å². The van der Waals surface area contributed by atoms with E-state index in [0.29, 0.717) is 11.8 Å². The van der Waals surface area contributed by atoms with Crippen LogP contribution in [0.15, 0.2) is 48.5 Å². The van der Waals surface area contributed by atoms with Crippen LogP contribution in [0.4, 0.5) is 5.69 Å². The fourth-order valence-electron chi connectivity index (χ4n) is 5.43. The molecule has 2 aromatic rings. The molecule has 0 unspecified atom stereocenters. The molecule has 156 valence electrons. The van der Waals surface area contributed by atoms with Gasteiger partial charge in [0.05, 0.1) is 0 Å². The van der Waals surface area contributed by atoms with Crippen molar-refractivity contribution >= 4 is 5.69 Å². The molecular formula is C27H38N2. The maximum absolute atomic E-state index is 3.90. The van der Waals surface area contributed by atoms with Gasteiger partial charge in [-0.3, -0.25) is 0 Å². The number of hydrogen-bond donors (Lipinski definition) is 1. The molecule has 1 heterocycles. The lowest BCUT2D eigenvalue weighted by Gasteiger charge is -2.39. The van der Waals surface area contributed by atoms with E-state index in [4.69, 9.17) is 0 Å². The Kier molecular flexibility index (Phi) is 7.27. The number of rotatable bonds is 8. The summed E-state index contributed by atoms with van der Waals surface area (Å²) < 4.78 is 0. The summed E-state index contributed by atoms with van der Waals surface area (Å²) in [4.78, 5) is 2.72. The molecule has 0 aromatic heterocycles. The molecule has 1 N–H and O–H groups in total. The van der Waals surface area contributed by atoms with Crippen molar-refractivity contribution in [1.82, 2.24) is 4.90 Å².